The molecule has 1 heterocycles. The van der Waals surface area contributed by atoms with Crippen molar-refractivity contribution >= 4 is 23.3 Å². The Morgan fingerprint density at radius 2 is 2.17 bits per heavy atom. The van der Waals surface area contributed by atoms with E-state index in [9.17, 15) is 4.79 Å². The zero-order chi connectivity index (χ0) is 17.4. The predicted octanol–water partition coefficient (Wildman–Crippen LogP) is 4.44. The van der Waals surface area contributed by atoms with E-state index < -0.39 is 0 Å². The molecule has 0 bridgehead atoms. The van der Waals surface area contributed by atoms with Gasteiger partial charge in [-0.2, -0.15) is 0 Å². The van der Waals surface area contributed by atoms with Crippen molar-refractivity contribution in [3.05, 3.63) is 52.2 Å². The van der Waals surface area contributed by atoms with E-state index in [0.29, 0.717) is 18.1 Å². The molecule has 0 spiro atoms. The number of rotatable bonds is 8. The second-order valence-corrected chi connectivity index (χ2v) is 6.32. The molecule has 128 valence electrons. The Morgan fingerprint density at radius 3 is 2.83 bits per heavy atom. The second-order valence-electron chi connectivity index (χ2n) is 5.34. The minimum atomic E-state index is -0.124. The van der Waals surface area contributed by atoms with Gasteiger partial charge in [0.25, 0.3) is 0 Å². The zero-order valence-corrected chi connectivity index (χ0v) is 15.1. The van der Waals surface area contributed by atoms with Crippen LogP contribution in [0.2, 0.25) is 0 Å². The molecule has 1 N–H and O–H groups in total. The first-order valence-corrected chi connectivity index (χ1v) is 8.84. The Balaban J connectivity index is 1.98. The van der Waals surface area contributed by atoms with E-state index in [1.165, 1.54) is 6.08 Å². The van der Waals surface area contributed by atoms with Gasteiger partial charge < -0.3 is 14.8 Å². The fourth-order valence-electron chi connectivity index (χ4n) is 2.16. The van der Waals surface area contributed by atoms with E-state index in [1.54, 1.807) is 24.5 Å². The molecule has 0 saturated carbocycles. The fraction of sp³-hybridized carbons (Fsp3) is 0.316. The summed E-state index contributed by atoms with van der Waals surface area (Å²) in [6.07, 6.45) is 4.24. The molecule has 0 radical (unpaired) electrons. The fourth-order valence-corrected chi connectivity index (χ4v) is 2.90. The number of carbonyl (C=O) groups is 1. The highest BCUT2D eigenvalue weighted by molar-refractivity contribution is 7.10. The third kappa shape index (κ3) is 5.13. The van der Waals surface area contributed by atoms with Gasteiger partial charge >= 0.3 is 0 Å². The Bertz CT molecular complexity index is 680. The van der Waals surface area contributed by atoms with E-state index in [0.717, 1.165) is 16.9 Å². The van der Waals surface area contributed by atoms with Crippen LogP contribution in [0.25, 0.3) is 6.08 Å². The number of carbonyl (C=O) groups excluding carboxylic acids is 1. The summed E-state index contributed by atoms with van der Waals surface area (Å²) >= 11 is 1.63. The highest BCUT2D eigenvalue weighted by atomic mass is 32.1. The van der Waals surface area contributed by atoms with Crippen LogP contribution in [0.1, 0.15) is 36.8 Å². The average molecular weight is 345 g/mol. The smallest absolute Gasteiger partial charge is 0.244 e. The summed E-state index contributed by atoms with van der Waals surface area (Å²) in [6.45, 7) is 4.68. The lowest BCUT2D eigenvalue weighted by molar-refractivity contribution is -0.117. The van der Waals surface area contributed by atoms with Crippen molar-refractivity contribution in [1.82, 2.24) is 5.32 Å². The van der Waals surface area contributed by atoms with Crippen LogP contribution in [0, 0.1) is 0 Å². The van der Waals surface area contributed by atoms with Crippen LogP contribution >= 0.6 is 11.3 Å². The lowest BCUT2D eigenvalue weighted by atomic mass is 10.2. The molecule has 0 saturated heterocycles. The summed E-state index contributed by atoms with van der Waals surface area (Å²) in [5.74, 6) is 1.26. The quantitative estimate of drug-likeness (QED) is 0.720. The minimum Gasteiger partial charge on any atom is -0.493 e. The summed E-state index contributed by atoms with van der Waals surface area (Å²) in [6, 6.07) is 9.62. The van der Waals surface area contributed by atoms with E-state index in [1.807, 2.05) is 42.6 Å². The van der Waals surface area contributed by atoms with Gasteiger partial charge in [0.05, 0.1) is 19.8 Å². The zero-order valence-electron chi connectivity index (χ0n) is 14.2. The third-order valence-corrected chi connectivity index (χ3v) is 4.46. The summed E-state index contributed by atoms with van der Waals surface area (Å²) in [7, 11) is 1.61. The molecule has 0 fully saturated rings. The summed E-state index contributed by atoms with van der Waals surface area (Å²) < 4.78 is 11.0. The van der Waals surface area contributed by atoms with Crippen molar-refractivity contribution in [3.63, 3.8) is 0 Å². The molecule has 4 nitrogen and oxygen atoms in total. The second kappa shape index (κ2) is 9.13. The molecule has 1 aromatic carbocycles. The molecule has 1 aromatic heterocycles. The van der Waals surface area contributed by atoms with Gasteiger partial charge in [0.15, 0.2) is 11.5 Å². The number of benzene rings is 1. The first-order chi connectivity index (χ1) is 11.6. The molecule has 2 rings (SSSR count). The molecule has 24 heavy (non-hydrogen) atoms. The highest BCUT2D eigenvalue weighted by Crippen LogP contribution is 2.28. The Labute approximate surface area is 147 Å². The first-order valence-electron chi connectivity index (χ1n) is 7.96. The normalized spacial score (nSPS) is 12.1. The number of nitrogens with one attached hydrogen (secondary N) is 1. The van der Waals surface area contributed by atoms with Crippen LogP contribution in [0.15, 0.2) is 41.8 Å². The monoisotopic (exact) mass is 345 g/mol. The molecular weight excluding hydrogens is 322 g/mol. The lowest BCUT2D eigenvalue weighted by Gasteiger charge is -2.11. The van der Waals surface area contributed by atoms with Crippen molar-refractivity contribution < 1.29 is 14.3 Å². The van der Waals surface area contributed by atoms with Crippen molar-refractivity contribution in [1.29, 1.82) is 0 Å². The van der Waals surface area contributed by atoms with Gasteiger partial charge in [-0.1, -0.05) is 19.1 Å². The van der Waals surface area contributed by atoms with Crippen molar-refractivity contribution in [3.8, 4) is 11.5 Å². The van der Waals surface area contributed by atoms with Gasteiger partial charge in [0.1, 0.15) is 0 Å². The summed E-state index contributed by atoms with van der Waals surface area (Å²) in [5.41, 5.74) is 0.884. The van der Waals surface area contributed by atoms with E-state index in [-0.39, 0.29) is 11.9 Å². The molecular formula is C19H23NO3S. The van der Waals surface area contributed by atoms with Crippen molar-refractivity contribution in [2.24, 2.45) is 0 Å². The maximum absolute atomic E-state index is 12.0. The molecule has 1 unspecified atom stereocenters. The van der Waals surface area contributed by atoms with Crippen LogP contribution < -0.4 is 14.8 Å². The van der Waals surface area contributed by atoms with E-state index >= 15 is 0 Å². The first kappa shape index (κ1) is 18.1. The molecule has 2 aromatic rings. The molecule has 0 aliphatic heterocycles. The molecule has 5 heteroatoms. The maximum atomic E-state index is 12.0. The Kier molecular flexibility index (Phi) is 6.88. The number of thiophene rings is 1. The van der Waals surface area contributed by atoms with Crippen LogP contribution in [-0.4, -0.2) is 19.6 Å². The van der Waals surface area contributed by atoms with Crippen LogP contribution in [0.5, 0.6) is 11.5 Å². The number of amides is 1. The Hall–Kier alpha value is -2.27. The number of ether oxygens (including phenoxy) is 2. The van der Waals surface area contributed by atoms with E-state index in [2.05, 4.69) is 12.2 Å². The van der Waals surface area contributed by atoms with Crippen molar-refractivity contribution in [2.75, 3.05) is 13.7 Å². The van der Waals surface area contributed by atoms with Gasteiger partial charge in [-0.15, -0.1) is 11.3 Å². The Morgan fingerprint density at radius 1 is 1.33 bits per heavy atom. The average Bonchev–Trinajstić information content (AvgIpc) is 3.13. The van der Waals surface area contributed by atoms with Crippen LogP contribution in [-0.2, 0) is 4.79 Å². The minimum absolute atomic E-state index is 0.00139. The topological polar surface area (TPSA) is 47.6 Å². The lowest BCUT2D eigenvalue weighted by Crippen LogP contribution is -2.23. The molecule has 1 amide bonds. The van der Waals surface area contributed by atoms with Gasteiger partial charge in [-0.25, -0.2) is 0 Å². The molecule has 0 aliphatic rings. The number of methoxy groups -OCH3 is 1. The van der Waals surface area contributed by atoms with Gasteiger partial charge in [-0.05, 0) is 48.6 Å². The third-order valence-electron chi connectivity index (χ3n) is 3.41. The highest BCUT2D eigenvalue weighted by Gasteiger charge is 2.08. The molecule has 1 atom stereocenters. The van der Waals surface area contributed by atoms with Crippen LogP contribution in [0.3, 0.4) is 0 Å². The number of hydrogen-bond acceptors (Lipinski definition) is 4. The van der Waals surface area contributed by atoms with Gasteiger partial charge in [-0.3, -0.25) is 4.79 Å². The molecule has 0 aliphatic carbocycles. The van der Waals surface area contributed by atoms with E-state index in [4.69, 9.17) is 9.47 Å². The van der Waals surface area contributed by atoms with Crippen molar-refractivity contribution in [2.45, 2.75) is 26.3 Å². The number of hydrogen-bond donors (Lipinski definition) is 1. The SMILES string of the molecule is CCCOc1ccc(/C=C/C(=O)NC(C)c2cccs2)cc1OC. The standard InChI is InChI=1S/C19H23NO3S/c1-4-11-23-16-9-7-15(13-17(16)22-3)8-10-19(21)20-14(2)18-6-5-12-24-18/h5-10,12-14H,4,11H2,1-3H3,(H,20,21)/b10-8+. The summed E-state index contributed by atoms with van der Waals surface area (Å²) in [4.78, 5) is 13.2. The van der Waals surface area contributed by atoms with Gasteiger partial charge in [0, 0.05) is 11.0 Å². The predicted molar refractivity (Wildman–Crippen MR) is 98.7 cm³/mol. The largest absolute Gasteiger partial charge is 0.493 e. The summed E-state index contributed by atoms with van der Waals surface area (Å²) in [5, 5.41) is 4.95. The maximum Gasteiger partial charge on any atom is 0.244 e. The van der Waals surface area contributed by atoms with Crippen LogP contribution in [0.4, 0.5) is 0 Å². The van der Waals surface area contributed by atoms with Gasteiger partial charge in [0.2, 0.25) is 5.91 Å².